The summed E-state index contributed by atoms with van der Waals surface area (Å²) in [7, 11) is 0. The van der Waals surface area contributed by atoms with Crippen molar-refractivity contribution in [3.8, 4) is 0 Å². The van der Waals surface area contributed by atoms with Crippen LogP contribution in [0.3, 0.4) is 0 Å². The van der Waals surface area contributed by atoms with Crippen LogP contribution in [0.25, 0.3) is 0 Å². The maximum atomic E-state index is 6.78. The minimum atomic E-state index is -0.865. The van der Waals surface area contributed by atoms with Gasteiger partial charge in [0.1, 0.15) is 0 Å². The summed E-state index contributed by atoms with van der Waals surface area (Å²) < 4.78 is 0. The molecule has 1 aliphatic carbocycles. The Balaban J connectivity index is 3.62. The van der Waals surface area contributed by atoms with E-state index in [2.05, 4.69) is 41.5 Å². The molecule has 120 valence electrons. The summed E-state index contributed by atoms with van der Waals surface area (Å²) in [5, 5.41) is 0. The maximum absolute atomic E-state index is 6.78. The average molecular weight is 284 g/mol. The molecule has 1 saturated carbocycles. The van der Waals surface area contributed by atoms with Crippen molar-refractivity contribution in [2.24, 2.45) is 39.2 Å². The van der Waals surface area contributed by atoms with E-state index in [0.717, 1.165) is 25.7 Å². The smallest absolute Gasteiger partial charge is 0.0777 e. The molecule has 1 rings (SSSR count). The lowest BCUT2D eigenvalue weighted by Crippen LogP contribution is -2.85. The van der Waals surface area contributed by atoms with Crippen LogP contribution in [0.2, 0.25) is 0 Å². The third-order valence-electron chi connectivity index (χ3n) is 7.08. The second-order valence-electron chi connectivity index (χ2n) is 7.35. The Morgan fingerprint density at radius 1 is 0.750 bits per heavy atom. The second kappa shape index (κ2) is 5.24. The molecule has 0 aromatic rings. The van der Waals surface area contributed by atoms with Gasteiger partial charge in [0.15, 0.2) is 0 Å². The molecule has 0 aliphatic heterocycles. The number of nitrogens with two attached hydrogens (primary N) is 4. The van der Waals surface area contributed by atoms with Crippen molar-refractivity contribution < 1.29 is 0 Å². The molecule has 0 saturated heterocycles. The first-order valence-corrected chi connectivity index (χ1v) is 8.14. The number of hydrogen-bond acceptors (Lipinski definition) is 4. The van der Waals surface area contributed by atoms with Crippen LogP contribution in [-0.4, -0.2) is 17.7 Å². The molecule has 0 radical (unpaired) electrons. The fourth-order valence-corrected chi connectivity index (χ4v) is 5.02. The summed E-state index contributed by atoms with van der Waals surface area (Å²) in [6, 6.07) is -0.167. The summed E-state index contributed by atoms with van der Waals surface area (Å²) >= 11 is 0. The minimum absolute atomic E-state index is 0.0713. The molecule has 0 amide bonds. The van der Waals surface area contributed by atoms with Gasteiger partial charge in [-0.2, -0.15) is 0 Å². The SMILES string of the molecule is CCC1(CC)C(N)C(C)(C)C(N)(N)C(CC)(CC)C1N. The molecule has 1 aliphatic rings. The van der Waals surface area contributed by atoms with Crippen molar-refractivity contribution in [2.75, 3.05) is 0 Å². The molecule has 20 heavy (non-hydrogen) atoms. The highest BCUT2D eigenvalue weighted by Crippen LogP contribution is 2.60. The van der Waals surface area contributed by atoms with Crippen LogP contribution in [-0.2, 0) is 0 Å². The Bertz CT molecular complexity index is 340. The van der Waals surface area contributed by atoms with Gasteiger partial charge in [0, 0.05) is 28.3 Å². The topological polar surface area (TPSA) is 104 Å². The van der Waals surface area contributed by atoms with Crippen LogP contribution in [0.5, 0.6) is 0 Å². The van der Waals surface area contributed by atoms with Gasteiger partial charge in [-0.25, -0.2) is 0 Å². The third kappa shape index (κ3) is 1.75. The van der Waals surface area contributed by atoms with E-state index in [9.17, 15) is 0 Å². The highest BCUT2D eigenvalue weighted by atomic mass is 15.1. The first kappa shape index (κ1) is 17.9. The first-order chi connectivity index (χ1) is 9.05. The van der Waals surface area contributed by atoms with Crippen LogP contribution >= 0.6 is 0 Å². The molecule has 0 bridgehead atoms. The summed E-state index contributed by atoms with van der Waals surface area (Å²) in [5.74, 6) is 0. The van der Waals surface area contributed by atoms with E-state index in [1.165, 1.54) is 0 Å². The van der Waals surface area contributed by atoms with Crippen LogP contribution < -0.4 is 22.9 Å². The Labute approximate surface area is 125 Å². The number of hydrogen-bond donors (Lipinski definition) is 4. The monoisotopic (exact) mass is 284 g/mol. The van der Waals surface area contributed by atoms with E-state index in [1.807, 2.05) is 0 Å². The van der Waals surface area contributed by atoms with Gasteiger partial charge < -0.3 is 22.9 Å². The third-order valence-corrected chi connectivity index (χ3v) is 7.08. The molecule has 8 N–H and O–H groups in total. The molecule has 0 heterocycles. The van der Waals surface area contributed by atoms with Gasteiger partial charge in [-0.15, -0.1) is 0 Å². The first-order valence-electron chi connectivity index (χ1n) is 8.14. The molecule has 4 nitrogen and oxygen atoms in total. The molecule has 1 fully saturated rings. The van der Waals surface area contributed by atoms with Gasteiger partial charge in [0.2, 0.25) is 0 Å². The van der Waals surface area contributed by atoms with Gasteiger partial charge in [-0.05, 0) is 25.7 Å². The maximum Gasteiger partial charge on any atom is 0.0777 e. The minimum Gasteiger partial charge on any atom is -0.327 e. The largest absolute Gasteiger partial charge is 0.327 e. The van der Waals surface area contributed by atoms with Crippen molar-refractivity contribution in [3.63, 3.8) is 0 Å². The summed E-state index contributed by atoms with van der Waals surface area (Å²) in [4.78, 5) is 0. The zero-order valence-corrected chi connectivity index (χ0v) is 14.3. The molecule has 0 spiro atoms. The van der Waals surface area contributed by atoms with Crippen LogP contribution in [0, 0.1) is 16.2 Å². The van der Waals surface area contributed by atoms with Gasteiger partial charge >= 0.3 is 0 Å². The normalized spacial score (nSPS) is 33.9. The molecule has 0 aromatic heterocycles. The molecule has 2 atom stereocenters. The van der Waals surface area contributed by atoms with E-state index in [0.29, 0.717) is 0 Å². The van der Waals surface area contributed by atoms with E-state index in [4.69, 9.17) is 22.9 Å². The van der Waals surface area contributed by atoms with Gasteiger partial charge in [0.05, 0.1) is 5.66 Å². The van der Waals surface area contributed by atoms with E-state index < -0.39 is 5.66 Å². The van der Waals surface area contributed by atoms with Gasteiger partial charge in [-0.1, -0.05) is 41.5 Å². The number of rotatable bonds is 4. The van der Waals surface area contributed by atoms with E-state index in [1.54, 1.807) is 0 Å². The Morgan fingerprint density at radius 2 is 1.15 bits per heavy atom. The predicted octanol–water partition coefficient (Wildman–Crippen LogP) is 1.91. The quantitative estimate of drug-likeness (QED) is 0.592. The van der Waals surface area contributed by atoms with Crippen molar-refractivity contribution in [1.29, 1.82) is 0 Å². The van der Waals surface area contributed by atoms with Crippen LogP contribution in [0.4, 0.5) is 0 Å². The second-order valence-corrected chi connectivity index (χ2v) is 7.35. The average Bonchev–Trinajstić information content (AvgIpc) is 2.41. The molecule has 4 heteroatoms. The van der Waals surface area contributed by atoms with E-state index >= 15 is 0 Å². The zero-order chi connectivity index (χ0) is 16.0. The summed E-state index contributed by atoms with van der Waals surface area (Å²) in [6.07, 6.45) is 3.70. The summed E-state index contributed by atoms with van der Waals surface area (Å²) in [5.41, 5.74) is 25.2. The zero-order valence-electron chi connectivity index (χ0n) is 14.3. The Hall–Kier alpha value is -0.160. The predicted molar refractivity (Wildman–Crippen MR) is 86.9 cm³/mol. The molecule has 0 aromatic carbocycles. The van der Waals surface area contributed by atoms with Crippen LogP contribution in [0.15, 0.2) is 0 Å². The lowest BCUT2D eigenvalue weighted by atomic mass is 9.41. The highest BCUT2D eigenvalue weighted by Gasteiger charge is 2.68. The Kier molecular flexibility index (Phi) is 4.68. The van der Waals surface area contributed by atoms with Crippen molar-refractivity contribution in [3.05, 3.63) is 0 Å². The fourth-order valence-electron chi connectivity index (χ4n) is 5.02. The lowest BCUT2D eigenvalue weighted by molar-refractivity contribution is -0.144. The van der Waals surface area contributed by atoms with Crippen LogP contribution in [0.1, 0.15) is 67.2 Å². The van der Waals surface area contributed by atoms with Crippen molar-refractivity contribution >= 4 is 0 Å². The van der Waals surface area contributed by atoms with Gasteiger partial charge in [-0.3, -0.25) is 0 Å². The lowest BCUT2D eigenvalue weighted by Gasteiger charge is -2.69. The van der Waals surface area contributed by atoms with Gasteiger partial charge in [0.25, 0.3) is 0 Å². The Morgan fingerprint density at radius 3 is 1.45 bits per heavy atom. The van der Waals surface area contributed by atoms with Crippen molar-refractivity contribution in [2.45, 2.75) is 85.0 Å². The fraction of sp³-hybridized carbons (Fsp3) is 1.00. The highest BCUT2D eigenvalue weighted by molar-refractivity contribution is 5.23. The molecule has 2 unspecified atom stereocenters. The van der Waals surface area contributed by atoms with E-state index in [-0.39, 0.29) is 28.3 Å². The molecular weight excluding hydrogens is 248 g/mol. The molecular formula is C16H36N4. The van der Waals surface area contributed by atoms with Crippen molar-refractivity contribution in [1.82, 2.24) is 0 Å². The summed E-state index contributed by atoms with van der Waals surface area (Å²) in [6.45, 7) is 12.9. The standard InChI is InChI=1S/C16H36N4/c1-7-14(8-2)11(17)13(5,6)16(19,20)15(9-3,10-4)12(14)18/h11-12H,7-10,17-20H2,1-6H3.